The average Bonchev–Trinajstić information content (AvgIpc) is 1.82. The highest BCUT2D eigenvalue weighted by molar-refractivity contribution is 4.82. The highest BCUT2D eigenvalue weighted by Crippen LogP contribution is 2.28. The predicted octanol–water partition coefficient (Wildman–Crippen LogP) is 2.40. The van der Waals surface area contributed by atoms with Gasteiger partial charge in [0.1, 0.15) is 6.17 Å². The first-order valence-corrected chi connectivity index (χ1v) is 2.59. The van der Waals surface area contributed by atoms with Gasteiger partial charge in [-0.1, -0.05) is 0 Å². The molecule has 1 radical (unpaired) electrons. The maximum absolute atomic E-state index is 11.9. The quantitative estimate of drug-likeness (QED) is 0.571. The third kappa shape index (κ3) is 2.98. The third-order valence-corrected chi connectivity index (χ3v) is 0.938. The fourth-order valence-electron chi connectivity index (χ4n) is 0.364. The van der Waals surface area contributed by atoms with E-state index in [-0.39, 0.29) is 0 Å². The van der Waals surface area contributed by atoms with Gasteiger partial charge in [-0.05, 0) is 6.92 Å². The van der Waals surface area contributed by atoms with Gasteiger partial charge in [0.25, 0.3) is 0 Å². The summed E-state index contributed by atoms with van der Waals surface area (Å²) in [7, 11) is 0. The van der Waals surface area contributed by atoms with Crippen LogP contribution in [-0.2, 0) is 0 Å². The molecule has 0 nitrogen and oxygen atoms in total. The Morgan fingerprint density at radius 2 is 1.36 bits per heavy atom. The number of hydrogen-bond donors (Lipinski definition) is 0. The molecule has 0 saturated carbocycles. The smallest absolute Gasteiger partial charge is 0.244 e. The van der Waals surface area contributed by atoms with E-state index in [1.807, 2.05) is 0 Å². The summed E-state index contributed by atoms with van der Waals surface area (Å²) in [6, 6.07) is 0. The molecule has 0 bridgehead atoms. The van der Waals surface area contributed by atoms with E-state index in [9.17, 15) is 26.3 Å². The minimum absolute atomic E-state index is 2.29. The van der Waals surface area contributed by atoms with Gasteiger partial charge in [0, 0.05) is 0 Å². The van der Waals surface area contributed by atoms with Crippen LogP contribution >= 0.6 is 0 Å². The molecule has 3 atom stereocenters. The summed E-state index contributed by atoms with van der Waals surface area (Å²) in [5, 5.41) is 0. The highest BCUT2D eigenvalue weighted by Gasteiger charge is 2.48. The Kier molecular flexibility index (Phi) is 3.19. The lowest BCUT2D eigenvalue weighted by atomic mass is 10.2. The Labute approximate surface area is 59.2 Å². The molecule has 0 amide bonds. The summed E-state index contributed by atoms with van der Waals surface area (Å²) in [5.41, 5.74) is 0. The highest BCUT2D eigenvalue weighted by atomic mass is 19.4. The van der Waals surface area contributed by atoms with E-state index in [2.05, 4.69) is 6.92 Å². The fourth-order valence-corrected chi connectivity index (χ4v) is 0.364. The van der Waals surface area contributed by atoms with Crippen molar-refractivity contribution in [1.82, 2.24) is 0 Å². The SMILES string of the molecule is [CH2]C(F)C(F)C(F)C(F)(F)F. The third-order valence-electron chi connectivity index (χ3n) is 0.938. The van der Waals surface area contributed by atoms with Gasteiger partial charge in [-0.2, -0.15) is 13.2 Å². The second-order valence-electron chi connectivity index (χ2n) is 1.90. The first kappa shape index (κ1) is 10.6. The lowest BCUT2D eigenvalue weighted by molar-refractivity contribution is -0.200. The van der Waals surface area contributed by atoms with Crippen LogP contribution in [0.5, 0.6) is 0 Å². The molecule has 0 fully saturated rings. The molecule has 0 aromatic rings. The van der Waals surface area contributed by atoms with Crippen LogP contribution in [0.4, 0.5) is 26.3 Å². The van der Waals surface area contributed by atoms with Crippen molar-refractivity contribution in [3.63, 3.8) is 0 Å². The van der Waals surface area contributed by atoms with E-state index in [4.69, 9.17) is 0 Å². The van der Waals surface area contributed by atoms with Gasteiger partial charge in [-0.3, -0.25) is 0 Å². The Morgan fingerprint density at radius 3 is 1.45 bits per heavy atom. The zero-order valence-corrected chi connectivity index (χ0v) is 5.21. The van der Waals surface area contributed by atoms with Crippen LogP contribution in [0.25, 0.3) is 0 Å². The molecule has 0 spiro atoms. The van der Waals surface area contributed by atoms with Crippen molar-refractivity contribution >= 4 is 0 Å². The van der Waals surface area contributed by atoms with Crippen molar-refractivity contribution in [2.45, 2.75) is 24.7 Å². The number of rotatable bonds is 2. The van der Waals surface area contributed by atoms with Gasteiger partial charge >= 0.3 is 6.18 Å². The van der Waals surface area contributed by atoms with Crippen LogP contribution < -0.4 is 0 Å². The molecule has 0 heterocycles. The van der Waals surface area contributed by atoms with Crippen molar-refractivity contribution in [2.24, 2.45) is 0 Å². The molecule has 0 aromatic carbocycles. The Balaban J connectivity index is 4.13. The zero-order valence-electron chi connectivity index (χ0n) is 5.21. The summed E-state index contributed by atoms with van der Waals surface area (Å²) in [6.07, 6.45) is -15.1. The molecule has 3 unspecified atom stereocenters. The van der Waals surface area contributed by atoms with Gasteiger partial charge in [0.05, 0.1) is 0 Å². The van der Waals surface area contributed by atoms with Gasteiger partial charge in [0.15, 0.2) is 6.17 Å². The Hall–Kier alpha value is -0.420. The molecular weight excluding hydrogens is 174 g/mol. The van der Waals surface area contributed by atoms with Crippen LogP contribution in [0, 0.1) is 6.92 Å². The standard InChI is InChI=1S/C5H5F6/c1-2(6)3(7)4(8)5(9,10)11/h2-4H,1H2. The summed E-state index contributed by atoms with van der Waals surface area (Å²) < 4.78 is 69.1. The van der Waals surface area contributed by atoms with E-state index >= 15 is 0 Å². The molecule has 6 heteroatoms. The van der Waals surface area contributed by atoms with E-state index in [1.165, 1.54) is 0 Å². The summed E-state index contributed by atoms with van der Waals surface area (Å²) in [4.78, 5) is 0. The van der Waals surface area contributed by atoms with Crippen molar-refractivity contribution in [3.05, 3.63) is 6.92 Å². The lowest BCUT2D eigenvalue weighted by Gasteiger charge is -2.16. The van der Waals surface area contributed by atoms with Crippen LogP contribution in [0.1, 0.15) is 0 Å². The Bertz CT molecular complexity index is 117. The van der Waals surface area contributed by atoms with E-state index in [0.29, 0.717) is 0 Å². The van der Waals surface area contributed by atoms with Gasteiger partial charge in [0.2, 0.25) is 6.17 Å². The molecular formula is C5H5F6. The molecule has 0 rings (SSSR count). The van der Waals surface area contributed by atoms with Crippen molar-refractivity contribution < 1.29 is 26.3 Å². The van der Waals surface area contributed by atoms with Crippen LogP contribution in [-0.4, -0.2) is 24.7 Å². The molecule has 0 aromatic heterocycles. The number of hydrogen-bond acceptors (Lipinski definition) is 0. The summed E-state index contributed by atoms with van der Waals surface area (Å²) >= 11 is 0. The van der Waals surface area contributed by atoms with Crippen LogP contribution in [0.2, 0.25) is 0 Å². The molecule has 67 valence electrons. The topological polar surface area (TPSA) is 0 Å². The second kappa shape index (κ2) is 3.32. The summed E-state index contributed by atoms with van der Waals surface area (Å²) in [6.45, 7) is 2.29. The largest absolute Gasteiger partial charge is 0.422 e. The number of alkyl halides is 6. The minimum atomic E-state index is -5.36. The predicted molar refractivity (Wildman–Crippen MR) is 26.1 cm³/mol. The Morgan fingerprint density at radius 1 is 1.00 bits per heavy atom. The van der Waals surface area contributed by atoms with Crippen molar-refractivity contribution in [3.8, 4) is 0 Å². The van der Waals surface area contributed by atoms with Gasteiger partial charge in [-0.25, -0.2) is 13.2 Å². The molecule has 0 N–H and O–H groups in total. The molecule has 0 aliphatic rings. The maximum Gasteiger partial charge on any atom is 0.422 e. The lowest BCUT2D eigenvalue weighted by Crippen LogP contribution is -2.38. The molecule has 11 heavy (non-hydrogen) atoms. The fraction of sp³-hybridized carbons (Fsp3) is 0.800. The summed E-state index contributed by atoms with van der Waals surface area (Å²) in [5.74, 6) is 0. The average molecular weight is 179 g/mol. The normalized spacial score (nSPS) is 21.0. The van der Waals surface area contributed by atoms with Crippen LogP contribution in [0.3, 0.4) is 0 Å². The first-order valence-electron chi connectivity index (χ1n) is 2.59. The maximum atomic E-state index is 11.9. The molecule has 0 saturated heterocycles. The second-order valence-corrected chi connectivity index (χ2v) is 1.90. The zero-order chi connectivity index (χ0) is 9.23. The van der Waals surface area contributed by atoms with E-state index in [0.717, 1.165) is 0 Å². The first-order chi connectivity index (χ1) is 4.76. The van der Waals surface area contributed by atoms with Crippen molar-refractivity contribution in [2.75, 3.05) is 0 Å². The minimum Gasteiger partial charge on any atom is -0.244 e. The van der Waals surface area contributed by atoms with Crippen molar-refractivity contribution in [1.29, 1.82) is 0 Å². The van der Waals surface area contributed by atoms with E-state index in [1.54, 1.807) is 0 Å². The van der Waals surface area contributed by atoms with Gasteiger partial charge in [-0.15, -0.1) is 0 Å². The molecule has 0 aliphatic heterocycles. The van der Waals surface area contributed by atoms with E-state index < -0.39 is 24.7 Å². The monoisotopic (exact) mass is 179 g/mol. The molecule has 0 aliphatic carbocycles. The van der Waals surface area contributed by atoms with Crippen LogP contribution in [0.15, 0.2) is 0 Å². The number of halogens is 6. The van der Waals surface area contributed by atoms with Gasteiger partial charge < -0.3 is 0 Å².